The van der Waals surface area contributed by atoms with Crippen LogP contribution in [0, 0.1) is 5.92 Å². The van der Waals surface area contributed by atoms with Crippen molar-refractivity contribution in [2.24, 2.45) is 10.9 Å². The number of rotatable bonds is 8. The molecular formula is C17H35IN4O. The van der Waals surface area contributed by atoms with Crippen LogP contribution < -0.4 is 10.6 Å². The zero-order valence-electron chi connectivity index (χ0n) is 15.0. The largest absolute Gasteiger partial charge is 0.377 e. The SMILES string of the molecule is CN=C(NCCC1CC1)NC1CCN(CCOC(C)C)CC1.I. The first-order valence-corrected chi connectivity index (χ1v) is 8.98. The maximum absolute atomic E-state index is 5.64. The summed E-state index contributed by atoms with van der Waals surface area (Å²) in [6.45, 7) is 9.45. The molecule has 6 heteroatoms. The summed E-state index contributed by atoms with van der Waals surface area (Å²) in [6.07, 6.45) is 6.84. The summed E-state index contributed by atoms with van der Waals surface area (Å²) in [7, 11) is 1.87. The lowest BCUT2D eigenvalue weighted by Gasteiger charge is -2.33. The second-order valence-corrected chi connectivity index (χ2v) is 6.91. The first kappa shape index (κ1) is 21.0. The van der Waals surface area contributed by atoms with Crippen molar-refractivity contribution in [1.29, 1.82) is 0 Å². The predicted molar refractivity (Wildman–Crippen MR) is 108 cm³/mol. The van der Waals surface area contributed by atoms with E-state index in [4.69, 9.17) is 4.74 Å². The quantitative estimate of drug-likeness (QED) is 0.347. The number of likely N-dealkylation sites (tertiary alicyclic amines) is 1. The van der Waals surface area contributed by atoms with Gasteiger partial charge in [-0.25, -0.2) is 0 Å². The number of halogens is 1. The van der Waals surface area contributed by atoms with Gasteiger partial charge in [-0.05, 0) is 39.0 Å². The van der Waals surface area contributed by atoms with E-state index in [9.17, 15) is 0 Å². The Morgan fingerprint density at radius 2 is 1.91 bits per heavy atom. The number of ether oxygens (including phenoxy) is 1. The van der Waals surface area contributed by atoms with Crippen molar-refractivity contribution < 1.29 is 4.74 Å². The maximum Gasteiger partial charge on any atom is 0.191 e. The lowest BCUT2D eigenvalue weighted by molar-refractivity contribution is 0.0532. The molecular weight excluding hydrogens is 403 g/mol. The van der Waals surface area contributed by atoms with Crippen LogP contribution in [0.25, 0.3) is 0 Å². The molecule has 0 spiro atoms. The van der Waals surface area contributed by atoms with Crippen molar-refractivity contribution >= 4 is 29.9 Å². The van der Waals surface area contributed by atoms with E-state index < -0.39 is 0 Å². The van der Waals surface area contributed by atoms with Crippen LogP contribution >= 0.6 is 24.0 Å². The third-order valence-electron chi connectivity index (χ3n) is 4.55. The number of piperidine rings is 1. The Labute approximate surface area is 159 Å². The molecule has 0 amide bonds. The highest BCUT2D eigenvalue weighted by Crippen LogP contribution is 2.31. The summed E-state index contributed by atoms with van der Waals surface area (Å²) in [5.74, 6) is 1.95. The number of nitrogens with one attached hydrogen (secondary N) is 2. The molecule has 2 rings (SSSR count). The minimum atomic E-state index is 0. The van der Waals surface area contributed by atoms with Crippen LogP contribution in [0.2, 0.25) is 0 Å². The third-order valence-corrected chi connectivity index (χ3v) is 4.55. The number of aliphatic imine (C=N–C) groups is 1. The van der Waals surface area contributed by atoms with Gasteiger partial charge in [-0.15, -0.1) is 24.0 Å². The fourth-order valence-electron chi connectivity index (χ4n) is 2.91. The van der Waals surface area contributed by atoms with Gasteiger partial charge in [0.15, 0.2) is 5.96 Å². The summed E-state index contributed by atoms with van der Waals surface area (Å²) in [5.41, 5.74) is 0. The lowest BCUT2D eigenvalue weighted by Crippen LogP contribution is -2.49. The zero-order chi connectivity index (χ0) is 15.8. The van der Waals surface area contributed by atoms with Crippen LogP contribution in [0.1, 0.15) is 46.0 Å². The molecule has 0 unspecified atom stereocenters. The summed E-state index contributed by atoms with van der Waals surface area (Å²) < 4.78 is 5.64. The number of nitrogens with zero attached hydrogens (tertiary/aromatic N) is 2. The molecule has 1 aliphatic heterocycles. The van der Waals surface area contributed by atoms with E-state index in [0.29, 0.717) is 12.1 Å². The Morgan fingerprint density at radius 1 is 1.22 bits per heavy atom. The monoisotopic (exact) mass is 438 g/mol. The second kappa shape index (κ2) is 11.5. The average molecular weight is 438 g/mol. The molecule has 5 nitrogen and oxygen atoms in total. The highest BCUT2D eigenvalue weighted by Gasteiger charge is 2.22. The second-order valence-electron chi connectivity index (χ2n) is 6.91. The molecule has 0 atom stereocenters. The minimum Gasteiger partial charge on any atom is -0.377 e. The highest BCUT2D eigenvalue weighted by molar-refractivity contribution is 14.0. The van der Waals surface area contributed by atoms with E-state index >= 15 is 0 Å². The zero-order valence-corrected chi connectivity index (χ0v) is 17.3. The molecule has 1 saturated heterocycles. The molecule has 2 fully saturated rings. The Kier molecular flexibility index (Phi) is 10.5. The first-order valence-electron chi connectivity index (χ1n) is 8.98. The molecule has 0 aromatic heterocycles. The third kappa shape index (κ3) is 9.10. The van der Waals surface area contributed by atoms with Crippen LogP contribution in [0.15, 0.2) is 4.99 Å². The molecule has 23 heavy (non-hydrogen) atoms. The van der Waals surface area contributed by atoms with Gasteiger partial charge in [0, 0.05) is 39.3 Å². The molecule has 0 radical (unpaired) electrons. The molecule has 2 aliphatic rings. The van der Waals surface area contributed by atoms with E-state index in [1.165, 1.54) is 32.1 Å². The molecule has 1 heterocycles. The van der Waals surface area contributed by atoms with E-state index in [1.54, 1.807) is 0 Å². The van der Waals surface area contributed by atoms with Gasteiger partial charge in [0.1, 0.15) is 0 Å². The summed E-state index contributed by atoms with van der Waals surface area (Å²) in [6, 6.07) is 0.550. The van der Waals surface area contributed by atoms with Gasteiger partial charge in [0.25, 0.3) is 0 Å². The van der Waals surface area contributed by atoms with E-state index in [1.807, 2.05) is 7.05 Å². The predicted octanol–water partition coefficient (Wildman–Crippen LogP) is 2.46. The summed E-state index contributed by atoms with van der Waals surface area (Å²) in [5, 5.41) is 7.03. The molecule has 0 bridgehead atoms. The van der Waals surface area contributed by atoms with Crippen LogP contribution in [-0.4, -0.2) is 62.8 Å². The summed E-state index contributed by atoms with van der Waals surface area (Å²) in [4.78, 5) is 6.85. The number of hydrogen-bond acceptors (Lipinski definition) is 3. The van der Waals surface area contributed by atoms with E-state index in [2.05, 4.69) is 34.4 Å². The van der Waals surface area contributed by atoms with Crippen LogP contribution in [0.5, 0.6) is 0 Å². The van der Waals surface area contributed by atoms with Crippen molar-refractivity contribution in [2.45, 2.75) is 58.1 Å². The molecule has 136 valence electrons. The van der Waals surface area contributed by atoms with Crippen molar-refractivity contribution in [1.82, 2.24) is 15.5 Å². The van der Waals surface area contributed by atoms with Gasteiger partial charge in [-0.1, -0.05) is 12.8 Å². The highest BCUT2D eigenvalue weighted by atomic mass is 127. The normalized spacial score (nSPS) is 20.4. The fraction of sp³-hybridized carbons (Fsp3) is 0.941. The van der Waals surface area contributed by atoms with Crippen LogP contribution in [-0.2, 0) is 4.74 Å². The maximum atomic E-state index is 5.64. The van der Waals surface area contributed by atoms with Crippen LogP contribution in [0.3, 0.4) is 0 Å². The van der Waals surface area contributed by atoms with Gasteiger partial charge >= 0.3 is 0 Å². The molecule has 1 aliphatic carbocycles. The van der Waals surface area contributed by atoms with Crippen LogP contribution in [0.4, 0.5) is 0 Å². The molecule has 2 N–H and O–H groups in total. The van der Waals surface area contributed by atoms with E-state index in [0.717, 1.165) is 44.7 Å². The Bertz CT molecular complexity index is 339. The van der Waals surface area contributed by atoms with Gasteiger partial charge in [0.2, 0.25) is 0 Å². The fourth-order valence-corrected chi connectivity index (χ4v) is 2.91. The molecule has 0 aromatic carbocycles. The minimum absolute atomic E-state index is 0. The van der Waals surface area contributed by atoms with Gasteiger partial charge in [-0.2, -0.15) is 0 Å². The van der Waals surface area contributed by atoms with Crippen molar-refractivity contribution in [3.63, 3.8) is 0 Å². The smallest absolute Gasteiger partial charge is 0.191 e. The van der Waals surface area contributed by atoms with Crippen molar-refractivity contribution in [2.75, 3.05) is 39.8 Å². The van der Waals surface area contributed by atoms with Crippen molar-refractivity contribution in [3.05, 3.63) is 0 Å². The van der Waals surface area contributed by atoms with Gasteiger partial charge in [-0.3, -0.25) is 4.99 Å². The topological polar surface area (TPSA) is 48.9 Å². The van der Waals surface area contributed by atoms with E-state index in [-0.39, 0.29) is 24.0 Å². The Balaban J connectivity index is 0.00000264. The Morgan fingerprint density at radius 3 is 2.48 bits per heavy atom. The Hall–Kier alpha value is -0.0800. The molecule has 1 saturated carbocycles. The number of hydrogen-bond donors (Lipinski definition) is 2. The van der Waals surface area contributed by atoms with Gasteiger partial charge < -0.3 is 20.3 Å². The number of guanidine groups is 1. The lowest BCUT2D eigenvalue weighted by atomic mass is 10.1. The summed E-state index contributed by atoms with van der Waals surface area (Å²) >= 11 is 0. The molecule has 0 aromatic rings. The standard InChI is InChI=1S/C17H34N4O.HI/c1-14(2)22-13-12-21-10-7-16(8-11-21)20-17(18-3)19-9-6-15-4-5-15;/h14-16H,4-13H2,1-3H3,(H2,18,19,20);1H. The van der Waals surface area contributed by atoms with Gasteiger partial charge in [0.05, 0.1) is 12.7 Å². The average Bonchev–Trinajstić information content (AvgIpc) is 3.32. The van der Waals surface area contributed by atoms with Crippen molar-refractivity contribution in [3.8, 4) is 0 Å². The first-order chi connectivity index (χ1) is 10.7.